The standard InChI is InChI=1S/C26H20ClN5O4S/c1-2-37(35,36)32-21(34)14-18-13-20(33)25-26(29-18)31-23(15-7-4-3-5-8-15)24(30-25)17-11-16-9-6-10-28-22(16)19(27)12-17/h3-13H,2,14H2,1H3,(H,32,34)(H,29,31,33). The predicted octanol–water partition coefficient (Wildman–Crippen LogP) is 3.86. The molecule has 5 aromatic rings. The van der Waals surface area contributed by atoms with Crippen LogP contribution in [0.2, 0.25) is 5.02 Å². The maximum Gasteiger partial charge on any atom is 0.239 e. The summed E-state index contributed by atoms with van der Waals surface area (Å²) in [6.07, 6.45) is 1.32. The van der Waals surface area contributed by atoms with Crippen LogP contribution in [-0.2, 0) is 21.2 Å². The van der Waals surface area contributed by atoms with Gasteiger partial charge in [-0.2, -0.15) is 0 Å². The third kappa shape index (κ3) is 5.07. The van der Waals surface area contributed by atoms with E-state index in [-0.39, 0.29) is 29.0 Å². The minimum atomic E-state index is -3.72. The smallest absolute Gasteiger partial charge is 0.239 e. The fourth-order valence-electron chi connectivity index (χ4n) is 3.94. The number of hydrogen-bond acceptors (Lipinski definition) is 7. The Morgan fingerprint density at radius 3 is 2.49 bits per heavy atom. The van der Waals surface area contributed by atoms with Crippen molar-refractivity contribution in [2.24, 2.45) is 0 Å². The highest BCUT2D eigenvalue weighted by Gasteiger charge is 2.19. The van der Waals surface area contributed by atoms with Gasteiger partial charge in [0, 0.05) is 34.5 Å². The molecule has 0 aliphatic carbocycles. The summed E-state index contributed by atoms with van der Waals surface area (Å²) in [5, 5.41) is 1.24. The first kappa shape index (κ1) is 24.5. The number of hydrogen-bond donors (Lipinski definition) is 2. The molecule has 0 atom stereocenters. The topological polar surface area (TPSA) is 135 Å². The number of nitrogens with one attached hydrogen (secondary N) is 2. The van der Waals surface area contributed by atoms with E-state index in [1.165, 1.54) is 13.0 Å². The van der Waals surface area contributed by atoms with Crippen LogP contribution in [0.3, 0.4) is 0 Å². The first-order valence-corrected chi connectivity index (χ1v) is 13.3. The van der Waals surface area contributed by atoms with Crippen molar-refractivity contribution < 1.29 is 13.2 Å². The van der Waals surface area contributed by atoms with E-state index >= 15 is 0 Å². The van der Waals surface area contributed by atoms with Gasteiger partial charge in [0.1, 0.15) is 0 Å². The van der Waals surface area contributed by atoms with Crippen LogP contribution < -0.4 is 10.2 Å². The fraction of sp³-hybridized carbons (Fsp3) is 0.115. The molecule has 2 aromatic carbocycles. The van der Waals surface area contributed by atoms with Crippen molar-refractivity contribution in [1.82, 2.24) is 24.7 Å². The van der Waals surface area contributed by atoms with Crippen LogP contribution in [0.5, 0.6) is 0 Å². The fourth-order valence-corrected chi connectivity index (χ4v) is 4.78. The van der Waals surface area contributed by atoms with Crippen LogP contribution in [0.4, 0.5) is 0 Å². The lowest BCUT2D eigenvalue weighted by atomic mass is 10.0. The molecule has 5 rings (SSSR count). The number of aromatic amines is 1. The van der Waals surface area contributed by atoms with Crippen LogP contribution in [0.25, 0.3) is 44.6 Å². The Balaban J connectivity index is 1.68. The van der Waals surface area contributed by atoms with E-state index in [0.717, 1.165) is 10.9 Å². The van der Waals surface area contributed by atoms with Crippen molar-refractivity contribution in [1.29, 1.82) is 0 Å². The third-order valence-corrected chi connectivity index (χ3v) is 7.28. The number of H-pyrrole nitrogens is 1. The summed E-state index contributed by atoms with van der Waals surface area (Å²) in [6.45, 7) is 1.42. The molecule has 186 valence electrons. The van der Waals surface area contributed by atoms with Crippen LogP contribution in [-0.4, -0.2) is 40.0 Å². The van der Waals surface area contributed by atoms with E-state index in [1.54, 1.807) is 18.3 Å². The summed E-state index contributed by atoms with van der Waals surface area (Å²) in [5.41, 5.74) is 3.01. The van der Waals surface area contributed by atoms with Gasteiger partial charge < -0.3 is 4.98 Å². The van der Waals surface area contributed by atoms with Crippen molar-refractivity contribution >= 4 is 49.6 Å². The lowest BCUT2D eigenvalue weighted by Crippen LogP contribution is -2.33. The number of carbonyl (C=O) groups is 1. The zero-order chi connectivity index (χ0) is 26.2. The zero-order valence-electron chi connectivity index (χ0n) is 19.5. The molecule has 0 bridgehead atoms. The van der Waals surface area contributed by atoms with Crippen LogP contribution >= 0.6 is 11.6 Å². The van der Waals surface area contributed by atoms with E-state index in [2.05, 4.69) is 15.0 Å². The van der Waals surface area contributed by atoms with Crippen LogP contribution in [0, 0.1) is 0 Å². The predicted molar refractivity (Wildman–Crippen MR) is 143 cm³/mol. The number of fused-ring (bicyclic) bond motifs is 2. The zero-order valence-corrected chi connectivity index (χ0v) is 21.1. The monoisotopic (exact) mass is 533 g/mol. The van der Waals surface area contributed by atoms with Gasteiger partial charge in [-0.25, -0.2) is 18.4 Å². The van der Waals surface area contributed by atoms with Crippen molar-refractivity contribution in [3.63, 3.8) is 0 Å². The number of benzene rings is 2. The molecule has 11 heteroatoms. The minimum Gasteiger partial charge on any atom is -0.341 e. The molecular formula is C26H20ClN5O4S. The molecule has 9 nitrogen and oxygen atoms in total. The molecule has 1 amide bonds. The number of rotatable bonds is 6. The van der Waals surface area contributed by atoms with Crippen molar-refractivity contribution in [3.05, 3.63) is 87.8 Å². The Morgan fingerprint density at radius 1 is 0.973 bits per heavy atom. The number of halogens is 1. The first-order chi connectivity index (χ1) is 17.7. The molecule has 3 heterocycles. The quantitative estimate of drug-likeness (QED) is 0.338. The average Bonchev–Trinajstić information content (AvgIpc) is 2.88. The number of sulfonamides is 1. The Morgan fingerprint density at radius 2 is 1.73 bits per heavy atom. The van der Waals surface area contributed by atoms with Gasteiger partial charge in [-0.05, 0) is 25.1 Å². The van der Waals surface area contributed by atoms with E-state index < -0.39 is 21.4 Å². The van der Waals surface area contributed by atoms with Gasteiger partial charge in [0.05, 0.1) is 34.1 Å². The molecule has 2 N–H and O–H groups in total. The molecule has 0 spiro atoms. The number of aromatic nitrogens is 4. The van der Waals surface area contributed by atoms with E-state index in [1.807, 2.05) is 47.2 Å². The maximum atomic E-state index is 13.0. The molecule has 0 aliphatic heterocycles. The Kier molecular flexibility index (Phi) is 6.45. The molecule has 37 heavy (non-hydrogen) atoms. The molecule has 0 saturated heterocycles. The van der Waals surface area contributed by atoms with Crippen LogP contribution in [0.15, 0.2) is 71.7 Å². The van der Waals surface area contributed by atoms with Crippen molar-refractivity contribution in [2.75, 3.05) is 5.75 Å². The van der Waals surface area contributed by atoms with Gasteiger partial charge in [-0.3, -0.25) is 19.3 Å². The van der Waals surface area contributed by atoms with Crippen molar-refractivity contribution in [3.8, 4) is 22.5 Å². The van der Waals surface area contributed by atoms with Gasteiger partial charge in [0.15, 0.2) is 11.2 Å². The Labute approximate surface area is 216 Å². The maximum absolute atomic E-state index is 13.0. The SMILES string of the molecule is CCS(=O)(=O)NC(=O)Cc1cc(=O)c2nc(-c3cc(Cl)c4ncccc4c3)c(-c3ccccc3)nc2[nH]1. The van der Waals surface area contributed by atoms with Crippen molar-refractivity contribution in [2.45, 2.75) is 13.3 Å². The molecule has 0 aliphatic rings. The summed E-state index contributed by atoms with van der Waals surface area (Å²) in [4.78, 5) is 42.0. The highest BCUT2D eigenvalue weighted by molar-refractivity contribution is 7.90. The highest BCUT2D eigenvalue weighted by atomic mass is 35.5. The second-order valence-corrected chi connectivity index (χ2v) is 10.7. The second-order valence-electron chi connectivity index (χ2n) is 8.28. The minimum absolute atomic E-state index is 0.0717. The lowest BCUT2D eigenvalue weighted by molar-refractivity contribution is -0.118. The highest BCUT2D eigenvalue weighted by Crippen LogP contribution is 2.34. The Bertz CT molecular complexity index is 1840. The van der Waals surface area contributed by atoms with E-state index in [9.17, 15) is 18.0 Å². The molecule has 3 aromatic heterocycles. The van der Waals surface area contributed by atoms with Gasteiger partial charge in [0.25, 0.3) is 0 Å². The lowest BCUT2D eigenvalue weighted by Gasteiger charge is -2.12. The number of carbonyl (C=O) groups excluding carboxylic acids is 1. The van der Waals surface area contributed by atoms with Gasteiger partial charge in [-0.1, -0.05) is 48.0 Å². The summed E-state index contributed by atoms with van der Waals surface area (Å²) in [5.74, 6) is -1.000. The first-order valence-electron chi connectivity index (χ1n) is 11.3. The molecule has 0 unspecified atom stereocenters. The summed E-state index contributed by atoms with van der Waals surface area (Å²) in [7, 11) is -3.72. The molecular weight excluding hydrogens is 514 g/mol. The van der Waals surface area contributed by atoms with E-state index in [0.29, 0.717) is 27.5 Å². The number of pyridine rings is 2. The normalized spacial score (nSPS) is 11.6. The number of amides is 1. The van der Waals surface area contributed by atoms with Gasteiger partial charge in [-0.15, -0.1) is 0 Å². The average molecular weight is 534 g/mol. The third-order valence-electron chi connectivity index (χ3n) is 5.69. The van der Waals surface area contributed by atoms with Gasteiger partial charge in [0.2, 0.25) is 21.4 Å². The van der Waals surface area contributed by atoms with E-state index in [4.69, 9.17) is 16.6 Å². The summed E-state index contributed by atoms with van der Waals surface area (Å²) < 4.78 is 25.4. The molecule has 0 saturated carbocycles. The summed E-state index contributed by atoms with van der Waals surface area (Å²) >= 11 is 6.53. The van der Waals surface area contributed by atoms with Gasteiger partial charge >= 0.3 is 0 Å². The molecule has 0 fully saturated rings. The molecule has 0 radical (unpaired) electrons. The van der Waals surface area contributed by atoms with Crippen LogP contribution in [0.1, 0.15) is 12.6 Å². The largest absolute Gasteiger partial charge is 0.341 e. The Hall–Kier alpha value is -4.15. The number of nitrogens with zero attached hydrogens (tertiary/aromatic N) is 3. The second kappa shape index (κ2) is 9.72. The summed E-state index contributed by atoms with van der Waals surface area (Å²) in [6, 6.07) is 17.9.